The largest absolute Gasteiger partial charge is 0.332 e. The first kappa shape index (κ1) is 8.45. The van der Waals surface area contributed by atoms with Gasteiger partial charge in [-0.3, -0.25) is 4.79 Å². The van der Waals surface area contributed by atoms with E-state index in [1.54, 1.807) is 0 Å². The van der Waals surface area contributed by atoms with Crippen molar-refractivity contribution >= 4 is 5.70 Å². The van der Waals surface area contributed by atoms with E-state index < -0.39 is 17.1 Å². The van der Waals surface area contributed by atoms with E-state index in [1.807, 2.05) is 0 Å². The monoisotopic (exact) mass is 170 g/mol. The molecule has 0 fully saturated rings. The van der Waals surface area contributed by atoms with Crippen molar-refractivity contribution in [2.45, 2.75) is 6.92 Å². The molecule has 0 unspecified atom stereocenters. The summed E-state index contributed by atoms with van der Waals surface area (Å²) in [5.74, 6) is -1.00. The van der Waals surface area contributed by atoms with Crippen LogP contribution in [0, 0.1) is 5.82 Å². The second-order valence-electron chi connectivity index (χ2n) is 2.32. The Balaban J connectivity index is 3.67. The van der Waals surface area contributed by atoms with Gasteiger partial charge >= 0.3 is 5.69 Å². The van der Waals surface area contributed by atoms with E-state index in [-0.39, 0.29) is 5.70 Å². The van der Waals surface area contributed by atoms with Crippen molar-refractivity contribution in [3.63, 3.8) is 0 Å². The number of H-pyrrole nitrogens is 1. The van der Waals surface area contributed by atoms with Gasteiger partial charge in [0.2, 0.25) is 5.82 Å². The number of nitrogens with one attached hydrogen (secondary N) is 1. The van der Waals surface area contributed by atoms with Crippen molar-refractivity contribution in [1.82, 2.24) is 9.55 Å². The maximum atomic E-state index is 12.6. The molecule has 1 aromatic heterocycles. The first-order valence-corrected chi connectivity index (χ1v) is 3.20. The van der Waals surface area contributed by atoms with Crippen LogP contribution in [0.5, 0.6) is 0 Å². The molecule has 0 aromatic carbocycles. The summed E-state index contributed by atoms with van der Waals surface area (Å²) >= 11 is 0. The molecule has 0 aliphatic heterocycles. The molecule has 0 aliphatic carbocycles. The predicted molar refractivity (Wildman–Crippen MR) is 42.3 cm³/mol. The highest BCUT2D eigenvalue weighted by Crippen LogP contribution is 1.89. The van der Waals surface area contributed by atoms with Crippen LogP contribution >= 0.6 is 0 Å². The SMILES string of the molecule is C=C(C)n1c(=O)[nH]cc(F)c1=O. The highest BCUT2D eigenvalue weighted by Gasteiger charge is 2.05. The molecule has 0 saturated heterocycles. The third-order valence-electron chi connectivity index (χ3n) is 1.31. The fraction of sp³-hybridized carbons (Fsp3) is 0.143. The zero-order valence-electron chi connectivity index (χ0n) is 6.43. The van der Waals surface area contributed by atoms with E-state index in [0.717, 1.165) is 6.20 Å². The van der Waals surface area contributed by atoms with Gasteiger partial charge in [0.05, 0.1) is 0 Å². The molecule has 0 atom stereocenters. The fourth-order valence-electron chi connectivity index (χ4n) is 0.797. The van der Waals surface area contributed by atoms with Crippen molar-refractivity contribution in [2.24, 2.45) is 0 Å². The lowest BCUT2D eigenvalue weighted by molar-refractivity contribution is 0.585. The number of aromatic nitrogens is 2. The summed E-state index contributed by atoms with van der Waals surface area (Å²) in [4.78, 5) is 23.9. The van der Waals surface area contributed by atoms with Crippen LogP contribution in [0.25, 0.3) is 5.70 Å². The Labute approximate surface area is 67.0 Å². The molecule has 4 nitrogen and oxygen atoms in total. The number of nitrogens with zero attached hydrogens (tertiary/aromatic N) is 1. The highest BCUT2D eigenvalue weighted by atomic mass is 19.1. The number of halogens is 1. The molecule has 1 heterocycles. The molecular weight excluding hydrogens is 163 g/mol. The summed E-state index contributed by atoms with van der Waals surface area (Å²) in [6, 6.07) is 0. The second kappa shape index (κ2) is 2.77. The van der Waals surface area contributed by atoms with Crippen LogP contribution < -0.4 is 11.2 Å². The fourth-order valence-corrected chi connectivity index (χ4v) is 0.797. The minimum Gasteiger partial charge on any atom is -0.311 e. The summed E-state index contributed by atoms with van der Waals surface area (Å²) in [5.41, 5.74) is -1.49. The molecule has 0 aliphatic rings. The number of rotatable bonds is 1. The first-order chi connectivity index (χ1) is 5.54. The third kappa shape index (κ3) is 1.20. The lowest BCUT2D eigenvalue weighted by Gasteiger charge is -2.00. The van der Waals surface area contributed by atoms with E-state index in [0.29, 0.717) is 4.57 Å². The van der Waals surface area contributed by atoms with Crippen molar-refractivity contribution in [1.29, 1.82) is 0 Å². The van der Waals surface area contributed by atoms with Crippen molar-refractivity contribution in [2.75, 3.05) is 0 Å². The van der Waals surface area contributed by atoms with Gasteiger partial charge in [0, 0.05) is 11.9 Å². The number of hydrogen-bond acceptors (Lipinski definition) is 2. The number of allylic oxidation sites excluding steroid dienone is 1. The molecule has 12 heavy (non-hydrogen) atoms. The van der Waals surface area contributed by atoms with Crippen molar-refractivity contribution in [3.8, 4) is 0 Å². The molecule has 5 heteroatoms. The zero-order chi connectivity index (χ0) is 9.30. The Morgan fingerprint density at radius 2 is 2.25 bits per heavy atom. The van der Waals surface area contributed by atoms with Gasteiger partial charge in [0.25, 0.3) is 5.56 Å². The lowest BCUT2D eigenvalue weighted by atomic mass is 10.5. The standard InChI is InChI=1S/C7H7FN2O2/c1-4(2)10-6(11)5(8)3-9-7(10)12/h3H,1H2,2H3,(H,9,12). The number of aromatic amines is 1. The first-order valence-electron chi connectivity index (χ1n) is 3.20. The molecule has 0 radical (unpaired) electrons. The summed E-state index contributed by atoms with van der Waals surface area (Å²) < 4.78 is 13.2. The summed E-state index contributed by atoms with van der Waals surface area (Å²) in [6.45, 7) is 4.80. The molecule has 64 valence electrons. The van der Waals surface area contributed by atoms with Crippen molar-refractivity contribution in [3.05, 3.63) is 39.4 Å². The Morgan fingerprint density at radius 3 is 2.67 bits per heavy atom. The average molecular weight is 170 g/mol. The van der Waals surface area contributed by atoms with Gasteiger partial charge < -0.3 is 4.98 Å². The minimum absolute atomic E-state index is 0.181. The summed E-state index contributed by atoms with van der Waals surface area (Å²) in [7, 11) is 0. The molecular formula is C7H7FN2O2. The van der Waals surface area contributed by atoms with Crippen LogP contribution in [0.15, 0.2) is 22.4 Å². The quantitative estimate of drug-likeness (QED) is 0.653. The van der Waals surface area contributed by atoms with E-state index in [1.165, 1.54) is 6.92 Å². The van der Waals surface area contributed by atoms with Gasteiger partial charge in [-0.1, -0.05) is 6.58 Å². The Hall–Kier alpha value is -1.65. The van der Waals surface area contributed by atoms with Crippen LogP contribution in [-0.4, -0.2) is 9.55 Å². The summed E-state index contributed by atoms with van der Waals surface area (Å²) in [6.07, 6.45) is 0.726. The van der Waals surface area contributed by atoms with Gasteiger partial charge in [-0.2, -0.15) is 4.39 Å². The zero-order valence-corrected chi connectivity index (χ0v) is 6.43. The van der Waals surface area contributed by atoms with E-state index in [4.69, 9.17) is 0 Å². The predicted octanol–water partition coefficient (Wildman–Crippen LogP) is 0.166. The van der Waals surface area contributed by atoms with E-state index in [9.17, 15) is 14.0 Å². The molecule has 0 spiro atoms. The molecule has 0 saturated carbocycles. The Bertz CT molecular complexity index is 430. The van der Waals surface area contributed by atoms with Gasteiger partial charge in [-0.05, 0) is 6.92 Å². The van der Waals surface area contributed by atoms with Crippen LogP contribution in [0.3, 0.4) is 0 Å². The van der Waals surface area contributed by atoms with Crippen LogP contribution in [0.1, 0.15) is 6.92 Å². The van der Waals surface area contributed by atoms with Crippen LogP contribution in [0.4, 0.5) is 4.39 Å². The second-order valence-corrected chi connectivity index (χ2v) is 2.32. The van der Waals surface area contributed by atoms with Gasteiger partial charge in [-0.25, -0.2) is 9.36 Å². The molecule has 1 aromatic rings. The Morgan fingerprint density at radius 1 is 1.67 bits per heavy atom. The molecule has 1 rings (SSSR count). The maximum Gasteiger partial charge on any atom is 0.332 e. The minimum atomic E-state index is -1.00. The lowest BCUT2D eigenvalue weighted by Crippen LogP contribution is -2.34. The van der Waals surface area contributed by atoms with Crippen molar-refractivity contribution < 1.29 is 4.39 Å². The summed E-state index contributed by atoms with van der Waals surface area (Å²) in [5, 5.41) is 0. The highest BCUT2D eigenvalue weighted by molar-refractivity contribution is 5.36. The van der Waals surface area contributed by atoms with E-state index >= 15 is 0 Å². The smallest absolute Gasteiger partial charge is 0.311 e. The van der Waals surface area contributed by atoms with Crippen LogP contribution in [0.2, 0.25) is 0 Å². The topological polar surface area (TPSA) is 54.9 Å². The molecule has 1 N–H and O–H groups in total. The van der Waals surface area contributed by atoms with Gasteiger partial charge in [0.15, 0.2) is 0 Å². The third-order valence-corrected chi connectivity index (χ3v) is 1.31. The normalized spacial score (nSPS) is 9.83. The maximum absolute atomic E-state index is 12.6. The molecule has 0 amide bonds. The Kier molecular flexibility index (Phi) is 1.95. The molecule has 0 bridgehead atoms. The average Bonchev–Trinajstić information content (AvgIpc) is 1.97. The van der Waals surface area contributed by atoms with Crippen LogP contribution in [-0.2, 0) is 0 Å². The van der Waals surface area contributed by atoms with Gasteiger partial charge in [-0.15, -0.1) is 0 Å². The number of hydrogen-bond donors (Lipinski definition) is 1. The van der Waals surface area contributed by atoms with Gasteiger partial charge in [0.1, 0.15) is 0 Å². The van der Waals surface area contributed by atoms with E-state index in [2.05, 4.69) is 11.6 Å².